The predicted molar refractivity (Wildman–Crippen MR) is 76.0 cm³/mol. The van der Waals surface area contributed by atoms with Crippen molar-refractivity contribution < 1.29 is 4.79 Å². The van der Waals surface area contributed by atoms with Crippen LogP contribution in [0.5, 0.6) is 0 Å². The van der Waals surface area contributed by atoms with Crippen LogP contribution in [0.4, 0.5) is 0 Å². The summed E-state index contributed by atoms with van der Waals surface area (Å²) in [6.45, 7) is 0. The van der Waals surface area contributed by atoms with Crippen LogP contribution in [0.3, 0.4) is 0 Å². The van der Waals surface area contributed by atoms with E-state index in [4.69, 9.17) is 5.26 Å². The summed E-state index contributed by atoms with van der Waals surface area (Å²) in [5.41, 5.74) is 2.10. The molecule has 0 atom stereocenters. The molecule has 0 bridgehead atoms. The molecule has 0 spiro atoms. The van der Waals surface area contributed by atoms with Gasteiger partial charge in [0.1, 0.15) is 0 Å². The standard InChI is InChI=1S/C17H14N2O/c18-12-13-6-8-14(9-7-13)16(20)19-17(10-11-17)15-4-2-1-3-5-15/h1-9H,10-11H2,(H,19,20). The highest BCUT2D eigenvalue weighted by atomic mass is 16.1. The van der Waals surface area contributed by atoms with Gasteiger partial charge in [-0.15, -0.1) is 0 Å². The Morgan fingerprint density at radius 1 is 1.05 bits per heavy atom. The van der Waals surface area contributed by atoms with Crippen LogP contribution in [0, 0.1) is 11.3 Å². The number of nitrogens with one attached hydrogen (secondary N) is 1. The van der Waals surface area contributed by atoms with Crippen LogP contribution in [-0.2, 0) is 5.54 Å². The largest absolute Gasteiger partial charge is 0.343 e. The fourth-order valence-corrected chi connectivity index (χ4v) is 2.35. The lowest BCUT2D eigenvalue weighted by Crippen LogP contribution is -2.34. The number of carbonyl (C=O) groups is 1. The van der Waals surface area contributed by atoms with Gasteiger partial charge in [-0.1, -0.05) is 30.3 Å². The zero-order valence-corrected chi connectivity index (χ0v) is 11.0. The zero-order chi connectivity index (χ0) is 14.0. The monoisotopic (exact) mass is 262 g/mol. The van der Waals surface area contributed by atoms with E-state index in [1.165, 1.54) is 0 Å². The minimum Gasteiger partial charge on any atom is -0.343 e. The van der Waals surface area contributed by atoms with E-state index in [0.29, 0.717) is 11.1 Å². The van der Waals surface area contributed by atoms with E-state index >= 15 is 0 Å². The lowest BCUT2D eigenvalue weighted by Gasteiger charge is -2.18. The van der Waals surface area contributed by atoms with Gasteiger partial charge < -0.3 is 5.32 Å². The molecule has 98 valence electrons. The normalized spacial score (nSPS) is 15.2. The second-order valence-corrected chi connectivity index (χ2v) is 5.09. The number of benzene rings is 2. The minimum atomic E-state index is -0.202. The van der Waals surface area contributed by atoms with Crippen molar-refractivity contribution >= 4 is 5.91 Å². The van der Waals surface area contributed by atoms with Crippen molar-refractivity contribution in [3.63, 3.8) is 0 Å². The third-order valence-electron chi connectivity index (χ3n) is 3.71. The van der Waals surface area contributed by atoms with E-state index in [-0.39, 0.29) is 11.4 Å². The van der Waals surface area contributed by atoms with Gasteiger partial charge in [0, 0.05) is 5.56 Å². The topological polar surface area (TPSA) is 52.9 Å². The van der Waals surface area contributed by atoms with Crippen molar-refractivity contribution in [3.05, 3.63) is 71.3 Å². The van der Waals surface area contributed by atoms with Gasteiger partial charge in [-0.2, -0.15) is 5.26 Å². The number of carbonyl (C=O) groups excluding carboxylic acids is 1. The van der Waals surface area contributed by atoms with Crippen molar-refractivity contribution in [2.75, 3.05) is 0 Å². The molecule has 1 aliphatic carbocycles. The summed E-state index contributed by atoms with van der Waals surface area (Å²) in [4.78, 5) is 12.3. The molecule has 3 nitrogen and oxygen atoms in total. The van der Waals surface area contributed by atoms with Crippen LogP contribution in [0.15, 0.2) is 54.6 Å². The van der Waals surface area contributed by atoms with Crippen LogP contribution >= 0.6 is 0 Å². The van der Waals surface area contributed by atoms with Crippen molar-refractivity contribution in [1.29, 1.82) is 5.26 Å². The fourth-order valence-electron chi connectivity index (χ4n) is 2.35. The maximum Gasteiger partial charge on any atom is 0.251 e. The molecule has 3 rings (SSSR count). The fraction of sp³-hybridized carbons (Fsp3) is 0.176. The second kappa shape index (κ2) is 4.82. The molecule has 20 heavy (non-hydrogen) atoms. The van der Waals surface area contributed by atoms with Gasteiger partial charge in [0.05, 0.1) is 17.2 Å². The molecule has 3 heteroatoms. The van der Waals surface area contributed by atoms with Gasteiger partial charge >= 0.3 is 0 Å². The third-order valence-corrected chi connectivity index (χ3v) is 3.71. The molecule has 1 amide bonds. The van der Waals surface area contributed by atoms with E-state index in [1.54, 1.807) is 24.3 Å². The van der Waals surface area contributed by atoms with Gasteiger partial charge in [0.25, 0.3) is 5.91 Å². The van der Waals surface area contributed by atoms with Gasteiger partial charge in [-0.05, 0) is 42.7 Å². The Morgan fingerprint density at radius 3 is 2.25 bits per heavy atom. The Kier molecular flexibility index (Phi) is 3.00. The van der Waals surface area contributed by atoms with E-state index in [2.05, 4.69) is 5.32 Å². The number of nitrogens with zero attached hydrogens (tertiary/aromatic N) is 1. The van der Waals surface area contributed by atoms with Gasteiger partial charge in [0.15, 0.2) is 0 Å². The third kappa shape index (κ3) is 2.28. The molecule has 0 aromatic heterocycles. The Balaban J connectivity index is 1.78. The lowest BCUT2D eigenvalue weighted by molar-refractivity contribution is 0.0931. The Bertz CT molecular complexity index is 664. The van der Waals surface area contributed by atoms with E-state index in [0.717, 1.165) is 18.4 Å². The van der Waals surface area contributed by atoms with Crippen LogP contribution < -0.4 is 5.32 Å². The quantitative estimate of drug-likeness (QED) is 0.924. The summed E-state index contributed by atoms with van der Waals surface area (Å²) in [6.07, 6.45) is 1.94. The van der Waals surface area contributed by atoms with E-state index in [1.807, 2.05) is 36.4 Å². The molecule has 0 unspecified atom stereocenters. The Labute approximate surface area is 117 Å². The molecule has 0 aliphatic heterocycles. The first-order valence-corrected chi connectivity index (χ1v) is 6.62. The molecular formula is C17H14N2O. The van der Waals surface area contributed by atoms with Gasteiger partial charge in [0.2, 0.25) is 0 Å². The van der Waals surface area contributed by atoms with Crippen molar-refractivity contribution in [2.24, 2.45) is 0 Å². The summed E-state index contributed by atoms with van der Waals surface area (Å²) in [6, 6.07) is 18.8. The van der Waals surface area contributed by atoms with Crippen LogP contribution in [0.2, 0.25) is 0 Å². The lowest BCUT2D eigenvalue weighted by atomic mass is 10.0. The second-order valence-electron chi connectivity index (χ2n) is 5.09. The molecule has 2 aromatic carbocycles. The maximum absolute atomic E-state index is 12.3. The van der Waals surface area contributed by atoms with Crippen molar-refractivity contribution in [1.82, 2.24) is 5.32 Å². The highest BCUT2D eigenvalue weighted by Crippen LogP contribution is 2.45. The summed E-state index contributed by atoms with van der Waals surface area (Å²) >= 11 is 0. The van der Waals surface area contributed by atoms with Crippen molar-refractivity contribution in [2.45, 2.75) is 18.4 Å². The van der Waals surface area contributed by atoms with E-state index in [9.17, 15) is 4.79 Å². The predicted octanol–water partition coefficient (Wildman–Crippen LogP) is 2.98. The van der Waals surface area contributed by atoms with Gasteiger partial charge in [-0.25, -0.2) is 0 Å². The number of hydrogen-bond acceptors (Lipinski definition) is 2. The number of nitriles is 1. The van der Waals surface area contributed by atoms with Crippen molar-refractivity contribution in [3.8, 4) is 6.07 Å². The van der Waals surface area contributed by atoms with Crippen LogP contribution in [0.25, 0.3) is 0 Å². The molecule has 1 aliphatic rings. The SMILES string of the molecule is N#Cc1ccc(C(=O)NC2(c3ccccc3)CC2)cc1. The number of amides is 1. The average molecular weight is 262 g/mol. The summed E-state index contributed by atoms with van der Waals surface area (Å²) in [5.74, 6) is -0.0872. The first-order valence-electron chi connectivity index (χ1n) is 6.62. The highest BCUT2D eigenvalue weighted by Gasteiger charge is 2.45. The number of hydrogen-bond donors (Lipinski definition) is 1. The van der Waals surface area contributed by atoms with E-state index < -0.39 is 0 Å². The van der Waals surface area contributed by atoms with Gasteiger partial charge in [-0.3, -0.25) is 4.79 Å². The maximum atomic E-state index is 12.3. The summed E-state index contributed by atoms with van der Waals surface area (Å²) < 4.78 is 0. The number of rotatable bonds is 3. The smallest absolute Gasteiger partial charge is 0.251 e. The Morgan fingerprint density at radius 2 is 1.70 bits per heavy atom. The average Bonchev–Trinajstić information content (AvgIpc) is 3.29. The molecular weight excluding hydrogens is 248 g/mol. The van der Waals surface area contributed by atoms with Crippen LogP contribution in [-0.4, -0.2) is 5.91 Å². The molecule has 0 radical (unpaired) electrons. The minimum absolute atomic E-state index is 0.0872. The molecule has 1 saturated carbocycles. The van der Waals surface area contributed by atoms with Crippen LogP contribution in [0.1, 0.15) is 34.3 Å². The molecule has 1 N–H and O–H groups in total. The highest BCUT2D eigenvalue weighted by molar-refractivity contribution is 5.95. The molecule has 0 heterocycles. The molecule has 2 aromatic rings. The summed E-state index contributed by atoms with van der Waals surface area (Å²) in [5, 5.41) is 11.9. The Hall–Kier alpha value is -2.60. The first-order chi connectivity index (χ1) is 9.73. The first kappa shape index (κ1) is 12.4. The molecule has 1 fully saturated rings. The molecule has 0 saturated heterocycles. The summed E-state index contributed by atoms with van der Waals surface area (Å²) in [7, 11) is 0. The zero-order valence-electron chi connectivity index (χ0n) is 11.0.